The maximum absolute atomic E-state index is 13.4. The molecule has 5 heterocycles. The molecule has 2 fully saturated rings. The third-order valence-electron chi connectivity index (χ3n) is 7.56. The molecular formula is C24H27N5O3. The van der Waals surface area contributed by atoms with Gasteiger partial charge in [-0.15, -0.1) is 0 Å². The number of rotatable bonds is 4. The summed E-state index contributed by atoms with van der Waals surface area (Å²) < 4.78 is 9.59. The van der Waals surface area contributed by atoms with Crippen molar-refractivity contribution in [3.05, 3.63) is 58.0 Å². The minimum atomic E-state index is -0.296. The van der Waals surface area contributed by atoms with Crippen LogP contribution in [0, 0.1) is 6.92 Å². The van der Waals surface area contributed by atoms with Gasteiger partial charge in [-0.2, -0.15) is 4.98 Å². The molecule has 0 N–H and O–H groups in total. The van der Waals surface area contributed by atoms with E-state index in [0.29, 0.717) is 49.8 Å². The molecule has 0 spiro atoms. The molecule has 1 aliphatic carbocycles. The number of pyridine rings is 1. The van der Waals surface area contributed by atoms with Crippen molar-refractivity contribution in [1.82, 2.24) is 24.0 Å². The Labute approximate surface area is 185 Å². The summed E-state index contributed by atoms with van der Waals surface area (Å²) in [7, 11) is 0. The van der Waals surface area contributed by atoms with Gasteiger partial charge in [0.1, 0.15) is 17.2 Å². The van der Waals surface area contributed by atoms with E-state index in [4.69, 9.17) is 4.74 Å². The predicted octanol–water partition coefficient (Wildman–Crippen LogP) is 2.27. The highest BCUT2D eigenvalue weighted by Crippen LogP contribution is 2.41. The normalized spacial score (nSPS) is 20.5. The van der Waals surface area contributed by atoms with Crippen molar-refractivity contribution < 1.29 is 9.53 Å². The van der Waals surface area contributed by atoms with Crippen LogP contribution in [0.2, 0.25) is 0 Å². The zero-order chi connectivity index (χ0) is 21.9. The molecule has 0 unspecified atom stereocenters. The Hall–Kier alpha value is -3.00. The molecule has 32 heavy (non-hydrogen) atoms. The summed E-state index contributed by atoms with van der Waals surface area (Å²) in [6.45, 7) is 4.14. The summed E-state index contributed by atoms with van der Waals surface area (Å²) in [6.07, 6.45) is 8.84. The molecule has 1 amide bonds. The van der Waals surface area contributed by atoms with Crippen LogP contribution in [0.1, 0.15) is 47.6 Å². The van der Waals surface area contributed by atoms with Crippen LogP contribution >= 0.6 is 0 Å². The van der Waals surface area contributed by atoms with Crippen LogP contribution in [0.25, 0.3) is 11.0 Å². The molecule has 3 aromatic heterocycles. The topological polar surface area (TPSA) is 82.2 Å². The molecular weight excluding hydrogens is 406 g/mol. The lowest BCUT2D eigenvalue weighted by Crippen LogP contribution is -2.56. The summed E-state index contributed by atoms with van der Waals surface area (Å²) in [4.78, 5) is 37.2. The Kier molecular flexibility index (Phi) is 4.47. The van der Waals surface area contributed by atoms with Crippen molar-refractivity contribution in [2.24, 2.45) is 0 Å². The van der Waals surface area contributed by atoms with E-state index in [1.807, 2.05) is 21.7 Å². The van der Waals surface area contributed by atoms with E-state index in [1.165, 1.54) is 0 Å². The molecule has 1 saturated heterocycles. The quantitative estimate of drug-likeness (QED) is 0.630. The lowest BCUT2D eigenvalue weighted by Gasteiger charge is -2.41. The highest BCUT2D eigenvalue weighted by molar-refractivity contribution is 5.95. The molecule has 2 aliphatic heterocycles. The first-order chi connectivity index (χ1) is 15.6. The van der Waals surface area contributed by atoms with Gasteiger partial charge in [0.25, 0.3) is 11.5 Å². The Morgan fingerprint density at radius 3 is 2.72 bits per heavy atom. The molecule has 0 radical (unpaired) electrons. The highest BCUT2D eigenvalue weighted by Gasteiger charge is 2.41. The monoisotopic (exact) mass is 433 g/mol. The molecule has 166 valence electrons. The number of carbonyl (C=O) groups is 1. The van der Waals surface area contributed by atoms with Gasteiger partial charge in [-0.25, -0.2) is 4.98 Å². The van der Waals surface area contributed by atoms with E-state index in [1.54, 1.807) is 6.92 Å². The first-order valence-electron chi connectivity index (χ1n) is 11.5. The fourth-order valence-corrected chi connectivity index (χ4v) is 5.72. The van der Waals surface area contributed by atoms with Crippen molar-refractivity contribution in [2.45, 2.75) is 57.2 Å². The Morgan fingerprint density at radius 1 is 1.16 bits per heavy atom. The second kappa shape index (κ2) is 7.27. The second-order valence-corrected chi connectivity index (χ2v) is 9.36. The van der Waals surface area contributed by atoms with Crippen LogP contribution in [0.5, 0.6) is 0 Å². The van der Waals surface area contributed by atoms with E-state index in [2.05, 4.69) is 32.9 Å². The zero-order valence-corrected chi connectivity index (χ0v) is 18.3. The van der Waals surface area contributed by atoms with Gasteiger partial charge in [0.15, 0.2) is 0 Å². The first-order valence-corrected chi connectivity index (χ1v) is 11.5. The molecule has 0 aromatic carbocycles. The van der Waals surface area contributed by atoms with E-state index >= 15 is 0 Å². The van der Waals surface area contributed by atoms with Gasteiger partial charge in [0.2, 0.25) is 0 Å². The lowest BCUT2D eigenvalue weighted by atomic mass is 9.91. The molecule has 6 rings (SSSR count). The maximum atomic E-state index is 13.4. The zero-order valence-electron chi connectivity index (χ0n) is 18.3. The molecule has 3 aromatic rings. The third kappa shape index (κ3) is 2.85. The molecule has 0 bridgehead atoms. The Bertz CT molecular complexity index is 1270. The molecule has 1 saturated carbocycles. The first kappa shape index (κ1) is 19.7. The van der Waals surface area contributed by atoms with Gasteiger partial charge in [0, 0.05) is 42.9 Å². The second-order valence-electron chi connectivity index (χ2n) is 9.36. The smallest absolute Gasteiger partial charge is 0.276 e. The fourth-order valence-electron chi connectivity index (χ4n) is 5.72. The van der Waals surface area contributed by atoms with Crippen LogP contribution in [0.3, 0.4) is 0 Å². The number of amides is 1. The average Bonchev–Trinajstić information content (AvgIpc) is 3.39. The number of hydrogen-bond donors (Lipinski definition) is 0. The van der Waals surface area contributed by atoms with Crippen molar-refractivity contribution >= 4 is 16.9 Å². The predicted molar refractivity (Wildman–Crippen MR) is 119 cm³/mol. The molecule has 8 nitrogen and oxygen atoms in total. The Balaban J connectivity index is 1.45. The largest absolute Gasteiger partial charge is 0.377 e. The lowest BCUT2D eigenvalue weighted by molar-refractivity contribution is -0.0575. The van der Waals surface area contributed by atoms with Crippen molar-refractivity contribution in [1.29, 1.82) is 0 Å². The van der Waals surface area contributed by atoms with Crippen LogP contribution in [-0.2, 0) is 23.2 Å². The Morgan fingerprint density at radius 2 is 1.97 bits per heavy atom. The van der Waals surface area contributed by atoms with E-state index in [-0.39, 0.29) is 23.0 Å². The van der Waals surface area contributed by atoms with Gasteiger partial charge in [-0.05, 0) is 38.0 Å². The maximum Gasteiger partial charge on any atom is 0.276 e. The van der Waals surface area contributed by atoms with Gasteiger partial charge in [0.05, 0.1) is 24.8 Å². The number of fused-ring (bicyclic) bond motifs is 2. The molecule has 8 heteroatoms. The summed E-state index contributed by atoms with van der Waals surface area (Å²) >= 11 is 0. The standard InChI is InChI=1S/C24H27N5O3/c1-16-20-23(31)27(18-14-32-15-18)11-12-28(20)19(26-22(16)30)13-24(7-2-3-8-24)29-10-6-17-5-4-9-25-21(17)29/h4-6,9-10,18H,2-3,7-8,11-15H2,1H3. The van der Waals surface area contributed by atoms with E-state index < -0.39 is 0 Å². The SMILES string of the molecule is Cc1c2n(c(CC3(n4ccc5cccnc54)CCCC3)nc1=O)CCN(C1COC1)C2=O. The fraction of sp³-hybridized carbons (Fsp3) is 0.500. The number of nitrogens with zero attached hydrogens (tertiary/aromatic N) is 5. The third-order valence-corrected chi connectivity index (χ3v) is 7.56. The number of aromatic nitrogens is 4. The van der Waals surface area contributed by atoms with Crippen molar-refractivity contribution in [3.8, 4) is 0 Å². The number of carbonyl (C=O) groups excluding carboxylic acids is 1. The number of hydrogen-bond acceptors (Lipinski definition) is 5. The summed E-state index contributed by atoms with van der Waals surface area (Å²) in [6, 6.07) is 6.25. The number of ether oxygens (including phenoxy) is 1. The highest BCUT2D eigenvalue weighted by atomic mass is 16.5. The van der Waals surface area contributed by atoms with E-state index in [0.717, 1.165) is 36.7 Å². The summed E-state index contributed by atoms with van der Waals surface area (Å²) in [5, 5.41) is 1.11. The minimum absolute atomic E-state index is 0.0728. The van der Waals surface area contributed by atoms with Gasteiger partial charge in [-0.3, -0.25) is 9.59 Å². The van der Waals surface area contributed by atoms with Crippen molar-refractivity contribution in [3.63, 3.8) is 0 Å². The van der Waals surface area contributed by atoms with E-state index in [9.17, 15) is 9.59 Å². The summed E-state index contributed by atoms with van der Waals surface area (Å²) in [5.41, 5.74) is 1.43. The van der Waals surface area contributed by atoms with Gasteiger partial charge >= 0.3 is 0 Å². The minimum Gasteiger partial charge on any atom is -0.377 e. The molecule has 0 atom stereocenters. The van der Waals surface area contributed by atoms with Crippen LogP contribution < -0.4 is 5.56 Å². The average molecular weight is 434 g/mol. The summed E-state index contributed by atoms with van der Waals surface area (Å²) in [5.74, 6) is 0.643. The van der Waals surface area contributed by atoms with Gasteiger partial charge in [-0.1, -0.05) is 12.8 Å². The van der Waals surface area contributed by atoms with Crippen LogP contribution in [0.4, 0.5) is 0 Å². The van der Waals surface area contributed by atoms with Crippen LogP contribution in [-0.4, -0.2) is 55.7 Å². The van der Waals surface area contributed by atoms with Gasteiger partial charge < -0.3 is 18.8 Å². The van der Waals surface area contributed by atoms with Crippen LogP contribution in [0.15, 0.2) is 35.4 Å². The van der Waals surface area contributed by atoms with Crippen molar-refractivity contribution in [2.75, 3.05) is 19.8 Å². The molecule has 3 aliphatic rings.